The van der Waals surface area contributed by atoms with Crippen LogP contribution in [0.2, 0.25) is 0 Å². The Hall–Kier alpha value is -4.52. The van der Waals surface area contributed by atoms with Gasteiger partial charge >= 0.3 is 0 Å². The summed E-state index contributed by atoms with van der Waals surface area (Å²) in [6.45, 7) is 5.48. The third kappa shape index (κ3) is 9.03. The first-order valence-electron chi connectivity index (χ1n) is 15.2. The Bertz CT molecular complexity index is 1490. The van der Waals surface area contributed by atoms with E-state index >= 15 is 0 Å². The van der Waals surface area contributed by atoms with E-state index in [1.54, 1.807) is 62.0 Å². The zero-order chi connectivity index (χ0) is 33.4. The van der Waals surface area contributed by atoms with Crippen molar-refractivity contribution in [2.24, 2.45) is 5.92 Å². The second kappa shape index (κ2) is 15.7. The Morgan fingerprint density at radius 1 is 0.935 bits per heavy atom. The lowest BCUT2D eigenvalue weighted by Crippen LogP contribution is -2.59. The van der Waals surface area contributed by atoms with E-state index in [0.717, 1.165) is 12.1 Å². The number of nitrogens with zero attached hydrogens (tertiary/aromatic N) is 1. The zero-order valence-electron chi connectivity index (χ0n) is 26.0. The fraction of sp³-hybridized carbons (Fsp3) is 0.424. The highest BCUT2D eigenvalue weighted by Crippen LogP contribution is 2.25. The molecule has 1 aromatic heterocycles. The van der Waals surface area contributed by atoms with Gasteiger partial charge in [-0.15, -0.1) is 0 Å². The number of aryl methyl sites for hydroxylation is 1. The maximum atomic E-state index is 14.9. The summed E-state index contributed by atoms with van der Waals surface area (Å²) in [4.78, 5) is 40.6. The molecule has 0 aliphatic carbocycles. The van der Waals surface area contributed by atoms with Crippen LogP contribution in [0, 0.1) is 23.4 Å². The molecule has 3 amide bonds. The average molecular weight is 644 g/mol. The number of halogens is 3. The van der Waals surface area contributed by atoms with Gasteiger partial charge < -0.3 is 30.4 Å². The summed E-state index contributed by atoms with van der Waals surface area (Å²) in [5.41, 5.74) is 0.657. The molecule has 2 aromatic carbocycles. The minimum Gasteiger partial charge on any atom is -0.503 e. The number of carbonyl (C=O) groups excluding carboxylic acids is 3. The third-order valence-electron chi connectivity index (χ3n) is 7.71. The van der Waals surface area contributed by atoms with Gasteiger partial charge in [0, 0.05) is 25.0 Å². The van der Waals surface area contributed by atoms with E-state index in [-0.39, 0.29) is 37.4 Å². The molecule has 13 heteroatoms. The summed E-state index contributed by atoms with van der Waals surface area (Å²) in [6, 6.07) is 6.22. The molecule has 0 fully saturated rings. The smallest absolute Gasteiger partial charge is 0.244 e. The van der Waals surface area contributed by atoms with Gasteiger partial charge in [0.05, 0.1) is 12.6 Å². The van der Waals surface area contributed by atoms with Crippen molar-refractivity contribution in [3.8, 4) is 11.5 Å². The number of aromatic hydroxyl groups is 1. The van der Waals surface area contributed by atoms with Gasteiger partial charge in [-0.3, -0.25) is 19.7 Å². The molecule has 4 rings (SSSR count). The highest BCUT2D eigenvalue weighted by atomic mass is 19.1. The van der Waals surface area contributed by atoms with E-state index in [1.807, 2.05) is 0 Å². The summed E-state index contributed by atoms with van der Waals surface area (Å²) >= 11 is 0. The van der Waals surface area contributed by atoms with Crippen LogP contribution in [0.1, 0.15) is 38.3 Å². The lowest BCUT2D eigenvalue weighted by atomic mass is 10.00. The molecule has 4 atom stereocenters. The molecule has 2 heterocycles. The van der Waals surface area contributed by atoms with E-state index in [1.165, 1.54) is 6.07 Å². The van der Waals surface area contributed by atoms with Gasteiger partial charge in [0.2, 0.25) is 17.7 Å². The standard InChI is InChI=1S/C33H40F3N5O5/c1-19(2)28-33(45)39-27(17-41-12-4-5-13-41)31(43)37-11-7-9-22-8-6-10-23(34)30(22)46-18-20(3)38-26(32(44)40-28)16-21-14-24(35)29(42)25(36)15-21/h4-6,8,10,12-15,19-20,26-28,38,42H,7,9,11,16-18H2,1-3H3,(H,37,43)(H,39,45)(H,40,44)/t20-,26+,27-,28+/m0/s1. The maximum absolute atomic E-state index is 14.9. The van der Waals surface area contributed by atoms with Crippen LogP contribution in [0.5, 0.6) is 11.5 Å². The maximum Gasteiger partial charge on any atom is 0.244 e. The second-order valence-electron chi connectivity index (χ2n) is 11.8. The summed E-state index contributed by atoms with van der Waals surface area (Å²) in [6.07, 6.45) is 4.15. The number of nitrogens with one attached hydrogen (secondary N) is 4. The van der Waals surface area contributed by atoms with Crippen molar-refractivity contribution < 1.29 is 37.4 Å². The number of hydrogen-bond acceptors (Lipinski definition) is 6. The number of fused-ring (bicyclic) bond motifs is 1. The number of ether oxygens (including phenoxy) is 1. The van der Waals surface area contributed by atoms with Crippen molar-refractivity contribution in [1.29, 1.82) is 0 Å². The van der Waals surface area contributed by atoms with Gasteiger partial charge in [-0.2, -0.15) is 0 Å². The first kappa shape index (κ1) is 34.4. The molecule has 0 spiro atoms. The molecule has 46 heavy (non-hydrogen) atoms. The number of phenolic OH excluding ortho intramolecular Hbond substituents is 1. The van der Waals surface area contributed by atoms with Gasteiger partial charge in [-0.05, 0) is 73.6 Å². The van der Waals surface area contributed by atoms with Crippen LogP contribution in [0.3, 0.4) is 0 Å². The predicted molar refractivity (Wildman–Crippen MR) is 164 cm³/mol. The second-order valence-corrected chi connectivity index (χ2v) is 11.8. The zero-order valence-corrected chi connectivity index (χ0v) is 26.0. The number of phenols is 1. The Morgan fingerprint density at radius 3 is 2.30 bits per heavy atom. The van der Waals surface area contributed by atoms with Crippen molar-refractivity contribution in [3.63, 3.8) is 0 Å². The molecule has 0 radical (unpaired) electrons. The monoisotopic (exact) mass is 643 g/mol. The number of rotatable bonds is 5. The molecule has 1 aliphatic rings. The number of carbonyl (C=O) groups is 3. The van der Waals surface area contributed by atoms with Crippen LogP contribution in [-0.4, -0.2) is 64.7 Å². The summed E-state index contributed by atoms with van der Waals surface area (Å²) in [5, 5.41) is 21.0. The lowest BCUT2D eigenvalue weighted by molar-refractivity contribution is -0.133. The van der Waals surface area contributed by atoms with Crippen LogP contribution in [0.25, 0.3) is 0 Å². The van der Waals surface area contributed by atoms with Crippen molar-refractivity contribution in [1.82, 2.24) is 25.8 Å². The van der Waals surface area contributed by atoms with E-state index in [2.05, 4.69) is 21.3 Å². The highest BCUT2D eigenvalue weighted by molar-refractivity contribution is 5.93. The van der Waals surface area contributed by atoms with Crippen molar-refractivity contribution >= 4 is 17.7 Å². The molecular weight excluding hydrogens is 603 g/mol. The van der Waals surface area contributed by atoms with Crippen LogP contribution in [0.15, 0.2) is 54.9 Å². The average Bonchev–Trinajstić information content (AvgIpc) is 3.52. The molecule has 5 N–H and O–H groups in total. The Balaban J connectivity index is 1.66. The van der Waals surface area contributed by atoms with Crippen LogP contribution < -0.4 is 26.0 Å². The number of benzene rings is 2. The number of aromatic nitrogens is 1. The fourth-order valence-corrected chi connectivity index (χ4v) is 5.27. The quantitative estimate of drug-likeness (QED) is 0.291. The molecule has 1 aliphatic heterocycles. The summed E-state index contributed by atoms with van der Waals surface area (Å²) in [7, 11) is 0. The highest BCUT2D eigenvalue weighted by Gasteiger charge is 2.32. The van der Waals surface area contributed by atoms with Crippen molar-refractivity contribution in [2.45, 2.75) is 70.7 Å². The van der Waals surface area contributed by atoms with E-state index in [4.69, 9.17) is 4.74 Å². The predicted octanol–water partition coefficient (Wildman–Crippen LogP) is 2.97. The fourth-order valence-electron chi connectivity index (χ4n) is 5.27. The molecule has 248 valence electrons. The summed E-state index contributed by atoms with van der Waals surface area (Å²) in [5.74, 6) is -6.12. The Kier molecular flexibility index (Phi) is 11.7. The Labute approximate surface area is 265 Å². The summed E-state index contributed by atoms with van der Waals surface area (Å²) < 4.78 is 50.9. The minimum absolute atomic E-state index is 0.0462. The largest absolute Gasteiger partial charge is 0.503 e. The van der Waals surface area contributed by atoms with Gasteiger partial charge in [-0.1, -0.05) is 26.0 Å². The number of para-hydroxylation sites is 1. The van der Waals surface area contributed by atoms with E-state index < -0.39 is 71.0 Å². The van der Waals surface area contributed by atoms with Crippen molar-refractivity contribution in [2.75, 3.05) is 13.2 Å². The molecule has 10 nitrogen and oxygen atoms in total. The molecule has 0 saturated heterocycles. The number of amides is 3. The normalized spacial score (nSPS) is 22.1. The molecule has 0 unspecified atom stereocenters. The Morgan fingerprint density at radius 2 is 1.63 bits per heavy atom. The van der Waals surface area contributed by atoms with Crippen molar-refractivity contribution in [3.05, 3.63) is 83.4 Å². The van der Waals surface area contributed by atoms with E-state index in [9.17, 15) is 32.7 Å². The molecule has 0 bridgehead atoms. The SMILES string of the molecule is CC(C)[C@H]1NC(=O)[C@@H](Cc2cc(F)c(O)c(F)c2)N[C@@H](C)COc2c(F)cccc2CCCNC(=O)[C@H](Cn2cccc2)NC1=O. The number of hydrogen-bond donors (Lipinski definition) is 5. The first-order valence-corrected chi connectivity index (χ1v) is 15.2. The minimum atomic E-state index is -1.19. The van der Waals surface area contributed by atoms with Gasteiger partial charge in [0.25, 0.3) is 0 Å². The topological polar surface area (TPSA) is 134 Å². The van der Waals surface area contributed by atoms with Gasteiger partial charge in [0.1, 0.15) is 18.7 Å². The van der Waals surface area contributed by atoms with Crippen LogP contribution >= 0.6 is 0 Å². The molecule has 0 saturated carbocycles. The van der Waals surface area contributed by atoms with Crippen LogP contribution in [-0.2, 0) is 33.8 Å². The lowest BCUT2D eigenvalue weighted by Gasteiger charge is -2.29. The molecule has 3 aromatic rings. The van der Waals surface area contributed by atoms with E-state index in [0.29, 0.717) is 18.4 Å². The van der Waals surface area contributed by atoms with Crippen LogP contribution in [0.4, 0.5) is 13.2 Å². The van der Waals surface area contributed by atoms with Gasteiger partial charge in [0.15, 0.2) is 29.0 Å². The molecular formula is C33H40F3N5O5. The first-order chi connectivity index (χ1) is 21.9. The van der Waals surface area contributed by atoms with Gasteiger partial charge in [-0.25, -0.2) is 13.2 Å². The third-order valence-corrected chi connectivity index (χ3v) is 7.71.